The molecule has 18 heavy (non-hydrogen) atoms. The van der Waals surface area contributed by atoms with E-state index in [1.807, 2.05) is 0 Å². The Bertz CT molecular complexity index is 269. The molecule has 3 nitrogen and oxygen atoms in total. The quantitative estimate of drug-likeness (QED) is 0.792. The number of hydrogen-bond donors (Lipinski definition) is 2. The standard InChI is InChI=1S/C12H21F3N2O/c13-12(14,15)11(18)8-17-6-2-1-3-10(17)7-16-9-4-5-9/h9-11,16,18H,1-8H2. The topological polar surface area (TPSA) is 35.5 Å². The Kier molecular flexibility index (Phi) is 4.50. The number of nitrogens with zero attached hydrogens (tertiary/aromatic N) is 1. The summed E-state index contributed by atoms with van der Waals surface area (Å²) in [4.78, 5) is 1.79. The number of likely N-dealkylation sites (tertiary alicyclic amines) is 1. The van der Waals surface area contributed by atoms with Gasteiger partial charge < -0.3 is 10.4 Å². The van der Waals surface area contributed by atoms with E-state index in [9.17, 15) is 13.2 Å². The van der Waals surface area contributed by atoms with E-state index < -0.39 is 12.3 Å². The zero-order valence-electron chi connectivity index (χ0n) is 10.4. The second-order valence-electron chi connectivity index (χ2n) is 5.38. The van der Waals surface area contributed by atoms with Crippen LogP contribution in [0.3, 0.4) is 0 Å². The van der Waals surface area contributed by atoms with Crippen LogP contribution in [0.25, 0.3) is 0 Å². The van der Waals surface area contributed by atoms with E-state index in [1.54, 1.807) is 4.90 Å². The molecular formula is C12H21F3N2O. The minimum Gasteiger partial charge on any atom is -0.382 e. The van der Waals surface area contributed by atoms with E-state index >= 15 is 0 Å². The third kappa shape index (κ3) is 4.10. The van der Waals surface area contributed by atoms with Crippen LogP contribution >= 0.6 is 0 Å². The average Bonchev–Trinajstić information content (AvgIpc) is 3.10. The highest BCUT2D eigenvalue weighted by atomic mass is 19.4. The van der Waals surface area contributed by atoms with Gasteiger partial charge in [-0.25, -0.2) is 0 Å². The highest BCUT2D eigenvalue weighted by Gasteiger charge is 2.40. The predicted molar refractivity (Wildman–Crippen MR) is 62.3 cm³/mol. The maximum Gasteiger partial charge on any atom is 0.415 e. The van der Waals surface area contributed by atoms with Crippen molar-refractivity contribution >= 4 is 0 Å². The normalized spacial score (nSPS) is 28.3. The van der Waals surface area contributed by atoms with Crippen LogP contribution < -0.4 is 5.32 Å². The number of piperidine rings is 1. The molecule has 0 aromatic rings. The maximum atomic E-state index is 12.4. The molecule has 0 amide bonds. The van der Waals surface area contributed by atoms with Gasteiger partial charge in [-0.15, -0.1) is 0 Å². The molecule has 1 heterocycles. The highest BCUT2D eigenvalue weighted by molar-refractivity contribution is 4.87. The summed E-state index contributed by atoms with van der Waals surface area (Å²) in [5.74, 6) is 0. The lowest BCUT2D eigenvalue weighted by Gasteiger charge is -2.37. The van der Waals surface area contributed by atoms with Crippen molar-refractivity contribution in [2.45, 2.75) is 56.5 Å². The van der Waals surface area contributed by atoms with Crippen LogP contribution in [-0.4, -0.2) is 54.0 Å². The van der Waals surface area contributed by atoms with Gasteiger partial charge in [0.1, 0.15) is 0 Å². The van der Waals surface area contributed by atoms with Gasteiger partial charge in [0.2, 0.25) is 0 Å². The second-order valence-corrected chi connectivity index (χ2v) is 5.38. The van der Waals surface area contributed by atoms with Gasteiger partial charge >= 0.3 is 6.18 Å². The minimum atomic E-state index is -4.51. The van der Waals surface area contributed by atoms with Crippen molar-refractivity contribution in [3.05, 3.63) is 0 Å². The number of rotatable bonds is 5. The van der Waals surface area contributed by atoms with Gasteiger partial charge in [-0.2, -0.15) is 13.2 Å². The summed E-state index contributed by atoms with van der Waals surface area (Å²) in [5.41, 5.74) is 0. The van der Waals surface area contributed by atoms with Crippen LogP contribution in [0.2, 0.25) is 0 Å². The summed E-state index contributed by atoms with van der Waals surface area (Å²) < 4.78 is 37.1. The van der Waals surface area contributed by atoms with Crippen molar-refractivity contribution in [2.24, 2.45) is 0 Å². The van der Waals surface area contributed by atoms with E-state index in [-0.39, 0.29) is 12.6 Å². The molecule has 2 aliphatic rings. The van der Waals surface area contributed by atoms with Crippen LogP contribution in [0.5, 0.6) is 0 Å². The summed E-state index contributed by atoms with van der Waals surface area (Å²) in [6.07, 6.45) is -1.47. The van der Waals surface area contributed by atoms with Gasteiger partial charge in [0.05, 0.1) is 0 Å². The molecule has 2 N–H and O–H groups in total. The molecule has 1 saturated heterocycles. The van der Waals surface area contributed by atoms with Crippen LogP contribution in [0, 0.1) is 0 Å². The monoisotopic (exact) mass is 266 g/mol. The van der Waals surface area contributed by atoms with Crippen LogP contribution in [0.1, 0.15) is 32.1 Å². The summed E-state index contributed by atoms with van der Waals surface area (Å²) in [6, 6.07) is 0.706. The Balaban J connectivity index is 1.82. The molecule has 0 bridgehead atoms. The summed E-state index contributed by atoms with van der Waals surface area (Å²) in [6.45, 7) is 1.11. The van der Waals surface area contributed by atoms with Gasteiger partial charge in [0.15, 0.2) is 6.10 Å². The lowest BCUT2D eigenvalue weighted by Crippen LogP contribution is -2.51. The van der Waals surface area contributed by atoms with Crippen molar-refractivity contribution < 1.29 is 18.3 Å². The number of nitrogens with one attached hydrogen (secondary N) is 1. The number of hydrogen-bond acceptors (Lipinski definition) is 3. The molecular weight excluding hydrogens is 245 g/mol. The second kappa shape index (κ2) is 5.75. The highest BCUT2D eigenvalue weighted by Crippen LogP contribution is 2.25. The molecule has 2 unspecified atom stereocenters. The molecule has 0 spiro atoms. The summed E-state index contributed by atoms with van der Waals surface area (Å²) in [7, 11) is 0. The Labute approximate surface area is 105 Å². The number of alkyl halides is 3. The smallest absolute Gasteiger partial charge is 0.382 e. The first-order valence-electron chi connectivity index (χ1n) is 6.69. The van der Waals surface area contributed by atoms with Gasteiger partial charge in [-0.3, -0.25) is 4.90 Å². The molecule has 1 aliphatic heterocycles. The van der Waals surface area contributed by atoms with Crippen molar-refractivity contribution in [3.63, 3.8) is 0 Å². The molecule has 2 rings (SSSR count). The number of β-amino-alcohol motifs (C(OH)–C–C–N with tert-alkyl or cyclic N) is 1. The first kappa shape index (κ1) is 14.1. The molecule has 1 saturated carbocycles. The molecule has 0 aromatic carbocycles. The van der Waals surface area contributed by atoms with Crippen molar-refractivity contribution in [1.29, 1.82) is 0 Å². The van der Waals surface area contributed by atoms with E-state index in [0.717, 1.165) is 25.8 Å². The van der Waals surface area contributed by atoms with Crippen LogP contribution in [-0.2, 0) is 0 Å². The third-order valence-corrected chi connectivity index (χ3v) is 3.75. The first-order chi connectivity index (χ1) is 8.47. The van der Waals surface area contributed by atoms with E-state index in [2.05, 4.69) is 5.32 Å². The predicted octanol–water partition coefficient (Wildman–Crippen LogP) is 1.52. The van der Waals surface area contributed by atoms with Crippen molar-refractivity contribution in [1.82, 2.24) is 10.2 Å². The summed E-state index contributed by atoms with van der Waals surface area (Å²) in [5, 5.41) is 12.5. The Morgan fingerprint density at radius 2 is 1.94 bits per heavy atom. The molecule has 0 aromatic heterocycles. The van der Waals surface area contributed by atoms with Crippen molar-refractivity contribution in [3.8, 4) is 0 Å². The molecule has 1 aliphatic carbocycles. The van der Waals surface area contributed by atoms with E-state index in [0.29, 0.717) is 12.6 Å². The van der Waals surface area contributed by atoms with Gasteiger partial charge in [0, 0.05) is 25.2 Å². The average molecular weight is 266 g/mol. The number of aliphatic hydroxyl groups is 1. The molecule has 6 heteroatoms. The van der Waals surface area contributed by atoms with Crippen molar-refractivity contribution in [2.75, 3.05) is 19.6 Å². The van der Waals surface area contributed by atoms with Crippen LogP contribution in [0.4, 0.5) is 13.2 Å². The fourth-order valence-corrected chi connectivity index (χ4v) is 2.45. The lowest BCUT2D eigenvalue weighted by molar-refractivity contribution is -0.210. The van der Waals surface area contributed by atoms with Gasteiger partial charge in [0.25, 0.3) is 0 Å². The van der Waals surface area contributed by atoms with Crippen LogP contribution in [0.15, 0.2) is 0 Å². The Morgan fingerprint density at radius 1 is 1.22 bits per heavy atom. The zero-order valence-corrected chi connectivity index (χ0v) is 10.4. The molecule has 2 fully saturated rings. The summed E-state index contributed by atoms with van der Waals surface area (Å²) >= 11 is 0. The maximum absolute atomic E-state index is 12.4. The van der Waals surface area contributed by atoms with Gasteiger partial charge in [-0.05, 0) is 32.2 Å². The largest absolute Gasteiger partial charge is 0.415 e. The van der Waals surface area contributed by atoms with E-state index in [4.69, 9.17) is 5.11 Å². The third-order valence-electron chi connectivity index (χ3n) is 3.75. The minimum absolute atomic E-state index is 0.136. The van der Waals surface area contributed by atoms with Gasteiger partial charge in [-0.1, -0.05) is 6.42 Å². The number of aliphatic hydroxyl groups excluding tert-OH is 1. The Morgan fingerprint density at radius 3 is 2.56 bits per heavy atom. The van der Waals surface area contributed by atoms with E-state index in [1.165, 1.54) is 12.8 Å². The zero-order chi connectivity index (χ0) is 13.2. The fraction of sp³-hybridized carbons (Fsp3) is 1.00. The lowest BCUT2D eigenvalue weighted by atomic mass is 10.0. The SMILES string of the molecule is OC(CN1CCCCC1CNC1CC1)C(F)(F)F. The molecule has 2 atom stereocenters. The molecule has 106 valence electrons. The first-order valence-corrected chi connectivity index (χ1v) is 6.69. The Hall–Kier alpha value is -0.330. The number of halogens is 3. The molecule has 0 radical (unpaired) electrons. The fourth-order valence-electron chi connectivity index (χ4n) is 2.45.